The Balaban J connectivity index is 2.16. The van der Waals surface area contributed by atoms with E-state index in [-0.39, 0.29) is 0 Å². The Morgan fingerprint density at radius 1 is 1.23 bits per heavy atom. The van der Waals surface area contributed by atoms with Gasteiger partial charge in [-0.15, -0.1) is 0 Å². The predicted molar refractivity (Wildman–Crippen MR) is 114 cm³/mol. The monoisotopic (exact) mass is 347 g/mol. The Kier molecular flexibility index (Phi) is 5.65. The summed E-state index contributed by atoms with van der Waals surface area (Å²) in [4.78, 5) is 4.87. The molecule has 2 aliphatic rings. The fourth-order valence-corrected chi connectivity index (χ4v) is 4.83. The van der Waals surface area contributed by atoms with Crippen molar-refractivity contribution in [2.45, 2.75) is 60.3 Å². The summed E-state index contributed by atoms with van der Waals surface area (Å²) in [5, 5.41) is 2.56. The van der Waals surface area contributed by atoms with Gasteiger partial charge in [-0.05, 0) is 74.1 Å². The lowest BCUT2D eigenvalue weighted by Gasteiger charge is -2.31. The molecule has 2 aliphatic carbocycles. The summed E-state index contributed by atoms with van der Waals surface area (Å²) < 4.78 is 0. The molecule has 1 aromatic rings. The third kappa shape index (κ3) is 3.24. The maximum Gasteiger partial charge on any atom is 0.0739 e. The maximum atomic E-state index is 4.87. The standard InChI is InChI=1S/C25H33N/c1-6-10-14-25(17-20(25)8-3)23-12-11-18(5)16-22(23)24-21(9-4)19(7-2)13-15-26-24/h7,9-11,13-16,20,23H,6,8,12,17H2,1-5H3/b14-10?,19-7-,21-9+. The van der Waals surface area contributed by atoms with E-state index in [1.807, 2.05) is 6.20 Å². The summed E-state index contributed by atoms with van der Waals surface area (Å²) in [6, 6.07) is 2.12. The van der Waals surface area contributed by atoms with Crippen LogP contribution in [0.15, 0.2) is 42.1 Å². The molecule has 0 spiro atoms. The summed E-state index contributed by atoms with van der Waals surface area (Å²) in [7, 11) is 0. The van der Waals surface area contributed by atoms with Gasteiger partial charge in [0.1, 0.15) is 0 Å². The topological polar surface area (TPSA) is 12.9 Å². The van der Waals surface area contributed by atoms with E-state index in [1.165, 1.54) is 40.1 Å². The van der Waals surface area contributed by atoms with Crippen molar-refractivity contribution in [3.8, 4) is 0 Å². The molecule has 0 radical (unpaired) electrons. The number of rotatable bonds is 5. The molecule has 0 saturated heterocycles. The van der Waals surface area contributed by atoms with Gasteiger partial charge >= 0.3 is 0 Å². The molecule has 0 aromatic carbocycles. The van der Waals surface area contributed by atoms with E-state index >= 15 is 0 Å². The fourth-order valence-electron chi connectivity index (χ4n) is 4.83. The van der Waals surface area contributed by atoms with Crippen LogP contribution in [-0.2, 0) is 0 Å². The van der Waals surface area contributed by atoms with Crippen molar-refractivity contribution in [2.24, 2.45) is 17.3 Å². The predicted octanol–water partition coefficient (Wildman–Crippen LogP) is 5.41. The second-order valence-corrected chi connectivity index (χ2v) is 7.81. The molecular weight excluding hydrogens is 314 g/mol. The molecule has 26 heavy (non-hydrogen) atoms. The van der Waals surface area contributed by atoms with E-state index in [0.717, 1.165) is 18.8 Å². The summed E-state index contributed by atoms with van der Waals surface area (Å²) in [6.07, 6.45) is 21.0. The Bertz CT molecular complexity index is 868. The van der Waals surface area contributed by atoms with E-state index in [4.69, 9.17) is 4.98 Å². The quantitative estimate of drug-likeness (QED) is 0.649. The minimum atomic E-state index is 0.326. The highest BCUT2D eigenvalue weighted by molar-refractivity contribution is 5.72. The van der Waals surface area contributed by atoms with E-state index in [1.54, 1.807) is 0 Å². The third-order valence-corrected chi connectivity index (χ3v) is 6.34. The van der Waals surface area contributed by atoms with Crippen LogP contribution in [-0.4, -0.2) is 4.98 Å². The summed E-state index contributed by atoms with van der Waals surface area (Å²) in [5.41, 5.74) is 4.33. The van der Waals surface area contributed by atoms with Crippen LogP contribution in [0.3, 0.4) is 0 Å². The average molecular weight is 348 g/mol. The minimum Gasteiger partial charge on any atom is -0.256 e. The highest BCUT2D eigenvalue weighted by Crippen LogP contribution is 2.64. The lowest BCUT2D eigenvalue weighted by atomic mass is 9.73. The van der Waals surface area contributed by atoms with Crippen molar-refractivity contribution < 1.29 is 0 Å². The molecule has 1 nitrogen and oxygen atoms in total. The second-order valence-electron chi connectivity index (χ2n) is 7.81. The van der Waals surface area contributed by atoms with Gasteiger partial charge in [0.15, 0.2) is 0 Å². The van der Waals surface area contributed by atoms with Crippen LogP contribution in [0.1, 0.15) is 66.0 Å². The normalized spacial score (nSPS) is 29.9. The molecule has 1 heterocycles. The molecule has 0 bridgehead atoms. The van der Waals surface area contributed by atoms with Crippen LogP contribution in [0.4, 0.5) is 0 Å². The second kappa shape index (κ2) is 7.78. The highest BCUT2D eigenvalue weighted by atomic mass is 14.7. The van der Waals surface area contributed by atoms with Crippen LogP contribution in [0, 0.1) is 17.3 Å². The van der Waals surface area contributed by atoms with E-state index in [2.05, 4.69) is 77.1 Å². The van der Waals surface area contributed by atoms with Crippen LogP contribution >= 0.6 is 0 Å². The van der Waals surface area contributed by atoms with Gasteiger partial charge in [-0.25, -0.2) is 0 Å². The first-order valence-corrected chi connectivity index (χ1v) is 10.2. The first kappa shape index (κ1) is 18.9. The number of pyridine rings is 1. The minimum absolute atomic E-state index is 0.326. The molecule has 3 unspecified atom stereocenters. The highest BCUT2D eigenvalue weighted by Gasteiger charge is 2.56. The molecule has 3 atom stereocenters. The average Bonchev–Trinajstić information content (AvgIpc) is 3.39. The van der Waals surface area contributed by atoms with Gasteiger partial charge in [-0.3, -0.25) is 4.98 Å². The number of aromatic nitrogens is 1. The Morgan fingerprint density at radius 3 is 2.65 bits per heavy atom. The van der Waals surface area contributed by atoms with Crippen molar-refractivity contribution in [3.05, 3.63) is 58.3 Å². The van der Waals surface area contributed by atoms with Crippen LogP contribution < -0.4 is 10.4 Å². The molecule has 3 rings (SSSR count). The molecule has 1 aromatic heterocycles. The number of hydrogen-bond acceptors (Lipinski definition) is 1. The maximum absolute atomic E-state index is 4.87. The molecule has 138 valence electrons. The first-order chi connectivity index (χ1) is 12.6. The largest absolute Gasteiger partial charge is 0.256 e. The van der Waals surface area contributed by atoms with Crippen LogP contribution in [0.25, 0.3) is 17.7 Å². The van der Waals surface area contributed by atoms with Crippen molar-refractivity contribution in [1.29, 1.82) is 0 Å². The van der Waals surface area contributed by atoms with Crippen molar-refractivity contribution in [1.82, 2.24) is 4.98 Å². The zero-order valence-corrected chi connectivity index (χ0v) is 17.0. The van der Waals surface area contributed by atoms with Gasteiger partial charge in [-0.1, -0.05) is 62.3 Å². The fraction of sp³-hybridized carbons (Fsp3) is 0.480. The Labute approximate surface area is 158 Å². The molecule has 1 saturated carbocycles. The molecule has 0 N–H and O–H groups in total. The van der Waals surface area contributed by atoms with Gasteiger partial charge in [0.2, 0.25) is 0 Å². The van der Waals surface area contributed by atoms with Crippen molar-refractivity contribution >= 4 is 17.7 Å². The molecule has 0 aliphatic heterocycles. The Morgan fingerprint density at radius 2 is 2.04 bits per heavy atom. The molecule has 0 amide bonds. The lowest BCUT2D eigenvalue weighted by molar-refractivity contribution is 0.421. The van der Waals surface area contributed by atoms with Crippen LogP contribution in [0.2, 0.25) is 0 Å². The van der Waals surface area contributed by atoms with E-state index in [0.29, 0.717) is 11.3 Å². The zero-order chi connectivity index (χ0) is 18.7. The number of allylic oxidation sites excluding steroid dienone is 6. The van der Waals surface area contributed by atoms with Gasteiger partial charge in [0, 0.05) is 11.4 Å². The smallest absolute Gasteiger partial charge is 0.0739 e. The van der Waals surface area contributed by atoms with Gasteiger partial charge in [-0.2, -0.15) is 0 Å². The lowest BCUT2D eigenvalue weighted by Crippen LogP contribution is -2.32. The van der Waals surface area contributed by atoms with Gasteiger partial charge in [0.25, 0.3) is 0 Å². The first-order valence-electron chi connectivity index (χ1n) is 10.2. The number of nitrogens with zero attached hydrogens (tertiary/aromatic N) is 1. The van der Waals surface area contributed by atoms with Gasteiger partial charge < -0.3 is 0 Å². The third-order valence-electron chi connectivity index (χ3n) is 6.34. The molecular formula is C25H33N. The Hall–Kier alpha value is -1.89. The number of hydrogen-bond donors (Lipinski definition) is 0. The SMILES string of the molecule is C/C=c1/ccnc(C2=CC(C)=CCC2C2(C=CCC)CC2CC)/c1=C/C. The van der Waals surface area contributed by atoms with Crippen molar-refractivity contribution in [3.63, 3.8) is 0 Å². The summed E-state index contributed by atoms with van der Waals surface area (Å²) in [6.45, 7) is 11.0. The van der Waals surface area contributed by atoms with E-state index in [9.17, 15) is 0 Å². The summed E-state index contributed by atoms with van der Waals surface area (Å²) >= 11 is 0. The molecule has 1 heteroatoms. The van der Waals surface area contributed by atoms with Gasteiger partial charge in [0.05, 0.1) is 5.69 Å². The molecule has 1 fully saturated rings. The zero-order valence-electron chi connectivity index (χ0n) is 17.0. The van der Waals surface area contributed by atoms with Crippen LogP contribution in [0.5, 0.6) is 0 Å². The van der Waals surface area contributed by atoms with Crippen molar-refractivity contribution in [2.75, 3.05) is 0 Å². The summed E-state index contributed by atoms with van der Waals surface area (Å²) in [5.74, 6) is 1.35. The van der Waals surface area contributed by atoms with E-state index < -0.39 is 0 Å².